The van der Waals surface area contributed by atoms with Crippen molar-refractivity contribution in [2.75, 3.05) is 12.3 Å². The fourth-order valence-corrected chi connectivity index (χ4v) is 2.13. The normalized spacial score (nSPS) is 11.1. The molecule has 2 rings (SSSR count). The van der Waals surface area contributed by atoms with Crippen LogP contribution in [0.2, 0.25) is 0 Å². The molecule has 0 radical (unpaired) electrons. The molecule has 0 fully saturated rings. The minimum absolute atomic E-state index is 0.0818. The van der Waals surface area contributed by atoms with E-state index in [0.717, 1.165) is 11.3 Å². The van der Waals surface area contributed by atoms with E-state index < -0.39 is 0 Å². The van der Waals surface area contributed by atoms with Crippen molar-refractivity contribution in [2.45, 2.75) is 26.2 Å². The summed E-state index contributed by atoms with van der Waals surface area (Å²) in [4.78, 5) is 0. The summed E-state index contributed by atoms with van der Waals surface area (Å²) in [5.74, 6) is 1.48. The number of ether oxygens (including phenoxy) is 1. The second-order valence-corrected chi connectivity index (χ2v) is 5.07. The van der Waals surface area contributed by atoms with Gasteiger partial charge in [0.2, 0.25) is 5.88 Å². The van der Waals surface area contributed by atoms with Crippen LogP contribution in [-0.4, -0.2) is 21.5 Å². The van der Waals surface area contributed by atoms with Crippen molar-refractivity contribution < 1.29 is 9.84 Å². The average molecular weight is 275 g/mol. The van der Waals surface area contributed by atoms with Gasteiger partial charge in [-0.3, -0.25) is 0 Å². The monoisotopic (exact) mass is 275 g/mol. The second-order valence-electron chi connectivity index (χ2n) is 5.07. The van der Waals surface area contributed by atoms with E-state index in [1.165, 1.54) is 0 Å². The van der Waals surface area contributed by atoms with Gasteiger partial charge in [0.15, 0.2) is 0 Å². The number of nitrogen functional groups attached to an aromatic ring is 1. The highest BCUT2D eigenvalue weighted by atomic mass is 16.5. The van der Waals surface area contributed by atoms with Gasteiger partial charge in [-0.05, 0) is 24.0 Å². The summed E-state index contributed by atoms with van der Waals surface area (Å²) in [5.41, 5.74) is 8.47. The number of nitrogens with two attached hydrogens (primary N) is 1. The van der Waals surface area contributed by atoms with Gasteiger partial charge >= 0.3 is 0 Å². The van der Waals surface area contributed by atoms with E-state index >= 15 is 0 Å². The van der Waals surface area contributed by atoms with Crippen LogP contribution in [0.25, 0.3) is 0 Å². The van der Waals surface area contributed by atoms with Crippen molar-refractivity contribution in [1.29, 1.82) is 0 Å². The largest absolute Gasteiger partial charge is 0.437 e. The first-order valence-electron chi connectivity index (χ1n) is 6.73. The first-order chi connectivity index (χ1) is 9.54. The molecule has 0 aliphatic carbocycles. The zero-order chi connectivity index (χ0) is 14.7. The third-order valence-electron chi connectivity index (χ3n) is 3.17. The molecule has 0 aliphatic heterocycles. The Labute approximate surface area is 119 Å². The Morgan fingerprint density at radius 1 is 1.35 bits per heavy atom. The van der Waals surface area contributed by atoms with Crippen molar-refractivity contribution in [2.24, 2.45) is 7.05 Å². The highest BCUT2D eigenvalue weighted by molar-refractivity contribution is 5.56. The lowest BCUT2D eigenvalue weighted by molar-refractivity contribution is 0.297. The zero-order valence-corrected chi connectivity index (χ0v) is 12.1. The molecule has 0 atom stereocenters. The third-order valence-corrected chi connectivity index (χ3v) is 3.17. The molecule has 1 aromatic carbocycles. The first kappa shape index (κ1) is 14.4. The summed E-state index contributed by atoms with van der Waals surface area (Å²) < 4.78 is 7.57. The molecule has 0 bridgehead atoms. The molecule has 0 spiro atoms. The molecule has 0 unspecified atom stereocenters. The van der Waals surface area contributed by atoms with Crippen LogP contribution in [0.3, 0.4) is 0 Å². The number of aryl methyl sites for hydroxylation is 1. The van der Waals surface area contributed by atoms with E-state index in [-0.39, 0.29) is 12.5 Å². The molecule has 5 nitrogen and oxygen atoms in total. The van der Waals surface area contributed by atoms with Gasteiger partial charge in [-0.15, -0.1) is 0 Å². The minimum Gasteiger partial charge on any atom is -0.437 e. The van der Waals surface area contributed by atoms with Crippen molar-refractivity contribution in [3.63, 3.8) is 0 Å². The molecule has 2 aromatic rings. The first-order valence-corrected chi connectivity index (χ1v) is 6.73. The van der Waals surface area contributed by atoms with Crippen LogP contribution in [-0.2, 0) is 13.5 Å². The molecule has 0 saturated carbocycles. The third kappa shape index (κ3) is 2.77. The lowest BCUT2D eigenvalue weighted by atomic mass is 10.1. The zero-order valence-electron chi connectivity index (χ0n) is 12.1. The predicted molar refractivity (Wildman–Crippen MR) is 79.0 cm³/mol. The predicted octanol–water partition coefficient (Wildman–Crippen LogP) is 2.45. The van der Waals surface area contributed by atoms with Crippen LogP contribution in [0.15, 0.2) is 24.3 Å². The van der Waals surface area contributed by atoms with E-state index in [0.29, 0.717) is 23.7 Å². The molecule has 5 heteroatoms. The van der Waals surface area contributed by atoms with E-state index in [9.17, 15) is 0 Å². The van der Waals surface area contributed by atoms with Gasteiger partial charge in [0.25, 0.3) is 0 Å². The maximum atomic E-state index is 9.10. The molecule has 3 N–H and O–H groups in total. The number of aliphatic hydroxyl groups is 1. The summed E-state index contributed by atoms with van der Waals surface area (Å²) in [6.45, 7) is 4.17. The van der Waals surface area contributed by atoms with Crippen LogP contribution < -0.4 is 10.5 Å². The van der Waals surface area contributed by atoms with Gasteiger partial charge in [-0.25, -0.2) is 4.68 Å². The molecule has 20 heavy (non-hydrogen) atoms. The molecule has 0 saturated heterocycles. The Kier molecular flexibility index (Phi) is 4.29. The highest BCUT2D eigenvalue weighted by Gasteiger charge is 2.18. The summed E-state index contributed by atoms with van der Waals surface area (Å²) in [6.07, 6.45) is 0.547. The number of benzene rings is 1. The van der Waals surface area contributed by atoms with Gasteiger partial charge < -0.3 is 15.6 Å². The van der Waals surface area contributed by atoms with E-state index in [1.807, 2.05) is 45.2 Å². The molecule has 1 aromatic heterocycles. The Hall–Kier alpha value is -2.01. The number of aromatic nitrogens is 2. The molecule has 1 heterocycles. The lowest BCUT2D eigenvalue weighted by Crippen LogP contribution is -2.00. The summed E-state index contributed by atoms with van der Waals surface area (Å²) in [7, 11) is 1.81. The van der Waals surface area contributed by atoms with E-state index in [1.54, 1.807) is 4.68 Å². The van der Waals surface area contributed by atoms with Crippen LogP contribution in [0.4, 0.5) is 5.69 Å². The number of hydrogen-bond acceptors (Lipinski definition) is 4. The van der Waals surface area contributed by atoms with Crippen molar-refractivity contribution in [3.8, 4) is 11.6 Å². The Morgan fingerprint density at radius 2 is 2.05 bits per heavy atom. The number of aliphatic hydroxyl groups excluding tert-OH is 1. The SMILES string of the molecule is CC(C)c1nn(C)c(Oc2ccccc2CCO)c1N. The quantitative estimate of drug-likeness (QED) is 0.879. The number of hydrogen-bond donors (Lipinski definition) is 2. The summed E-state index contributed by atoms with van der Waals surface area (Å²) in [5, 5.41) is 13.5. The van der Waals surface area contributed by atoms with Crippen molar-refractivity contribution in [3.05, 3.63) is 35.5 Å². The van der Waals surface area contributed by atoms with Gasteiger partial charge in [0.05, 0.1) is 5.69 Å². The van der Waals surface area contributed by atoms with Crippen LogP contribution in [0, 0.1) is 0 Å². The number of para-hydroxylation sites is 1. The van der Waals surface area contributed by atoms with Crippen molar-refractivity contribution in [1.82, 2.24) is 9.78 Å². The number of rotatable bonds is 5. The topological polar surface area (TPSA) is 73.3 Å². The Bertz CT molecular complexity index is 591. The summed E-state index contributed by atoms with van der Waals surface area (Å²) in [6, 6.07) is 7.62. The maximum absolute atomic E-state index is 9.10. The van der Waals surface area contributed by atoms with Crippen LogP contribution >= 0.6 is 0 Å². The summed E-state index contributed by atoms with van der Waals surface area (Å²) >= 11 is 0. The molecular weight excluding hydrogens is 254 g/mol. The fraction of sp³-hybridized carbons (Fsp3) is 0.400. The molecule has 108 valence electrons. The molecular formula is C15H21N3O2. The van der Waals surface area contributed by atoms with Crippen LogP contribution in [0.1, 0.15) is 31.0 Å². The van der Waals surface area contributed by atoms with Gasteiger partial charge in [0, 0.05) is 13.7 Å². The lowest BCUT2D eigenvalue weighted by Gasteiger charge is -2.11. The smallest absolute Gasteiger partial charge is 0.241 e. The van der Waals surface area contributed by atoms with Gasteiger partial charge in [-0.1, -0.05) is 32.0 Å². The Balaban J connectivity index is 2.35. The van der Waals surface area contributed by atoms with Crippen molar-refractivity contribution >= 4 is 5.69 Å². The highest BCUT2D eigenvalue weighted by Crippen LogP contribution is 2.34. The number of nitrogens with zero attached hydrogens (tertiary/aromatic N) is 2. The molecule has 0 amide bonds. The van der Waals surface area contributed by atoms with Gasteiger partial charge in [-0.2, -0.15) is 5.10 Å². The molecule has 0 aliphatic rings. The number of anilines is 1. The van der Waals surface area contributed by atoms with E-state index in [2.05, 4.69) is 5.10 Å². The fourth-order valence-electron chi connectivity index (χ4n) is 2.13. The average Bonchev–Trinajstić information content (AvgIpc) is 2.69. The van der Waals surface area contributed by atoms with Gasteiger partial charge in [0.1, 0.15) is 11.4 Å². The van der Waals surface area contributed by atoms with Crippen LogP contribution in [0.5, 0.6) is 11.6 Å². The minimum atomic E-state index is 0.0818. The van der Waals surface area contributed by atoms with E-state index in [4.69, 9.17) is 15.6 Å². The Morgan fingerprint density at radius 3 is 2.65 bits per heavy atom. The maximum Gasteiger partial charge on any atom is 0.241 e. The second kappa shape index (κ2) is 5.96. The standard InChI is InChI=1S/C15H21N3O2/c1-10(2)14-13(16)15(18(3)17-14)20-12-7-5-4-6-11(12)8-9-19/h4-7,10,19H,8-9,16H2,1-3H3.